The number of hydrogen-bond acceptors (Lipinski definition) is 3. The molecule has 2 N–H and O–H groups in total. The number of rotatable bonds is 4. The van der Waals surface area contributed by atoms with Crippen LogP contribution in [0.4, 0.5) is 0 Å². The predicted octanol–water partition coefficient (Wildman–Crippen LogP) is 13.1. The van der Waals surface area contributed by atoms with Gasteiger partial charge in [-0.25, -0.2) is 4.98 Å². The van der Waals surface area contributed by atoms with Gasteiger partial charge in [0.15, 0.2) is 0 Å². The topological polar surface area (TPSA) is 53.4 Å². The molecule has 57 heavy (non-hydrogen) atoms. The molecule has 0 unspecified atom stereocenters. The maximum Gasteiger partial charge on any atom is 0.128 e. The molecule has 1 aromatic heterocycles. The number of aromatic hydroxyl groups is 2. The summed E-state index contributed by atoms with van der Waals surface area (Å²) in [7, 11) is 0. The summed E-state index contributed by atoms with van der Waals surface area (Å²) in [5.74, 6) is 5.84. The van der Waals surface area contributed by atoms with Crippen LogP contribution in [0.1, 0.15) is 110 Å². The monoisotopic (exact) mass is 831 g/mol. The number of aryl methyl sites for hydroxylation is 2. The van der Waals surface area contributed by atoms with Gasteiger partial charge < -0.3 is 10.2 Å². The Hall–Kier alpha value is -3.75. The van der Waals surface area contributed by atoms with Crippen molar-refractivity contribution in [2.45, 2.75) is 102 Å². The molecule has 0 aliphatic heterocycles. The summed E-state index contributed by atoms with van der Waals surface area (Å²) in [4.78, 5) is 5.17. The van der Waals surface area contributed by atoms with Crippen molar-refractivity contribution in [3.05, 3.63) is 150 Å². The van der Waals surface area contributed by atoms with Gasteiger partial charge in [-0.05, 0) is 173 Å². The van der Waals surface area contributed by atoms with Crippen LogP contribution in [0, 0.1) is 63.2 Å². The van der Waals surface area contributed by atoms with Crippen LogP contribution in [0.5, 0.6) is 11.5 Å². The Kier molecular flexibility index (Phi) is 11.3. The van der Waals surface area contributed by atoms with Crippen LogP contribution in [0.15, 0.2) is 103 Å². The minimum atomic E-state index is 0. The minimum absolute atomic E-state index is 0. The van der Waals surface area contributed by atoms with Gasteiger partial charge in [-0.3, -0.25) is 0 Å². The van der Waals surface area contributed by atoms with E-state index in [-0.39, 0.29) is 37.0 Å². The third-order valence-corrected chi connectivity index (χ3v) is 14.7. The zero-order valence-corrected chi connectivity index (χ0v) is 36.5. The summed E-state index contributed by atoms with van der Waals surface area (Å²) in [6.07, 6.45) is 15.8. The molecule has 0 spiro atoms. The molecule has 0 amide bonds. The van der Waals surface area contributed by atoms with Gasteiger partial charge in [0.2, 0.25) is 0 Å². The molecule has 8 saturated carbocycles. The Morgan fingerprint density at radius 2 is 0.789 bits per heavy atom. The molecular formula is C53H59NO2Zr-2. The predicted molar refractivity (Wildman–Crippen MR) is 229 cm³/mol. The van der Waals surface area contributed by atoms with Gasteiger partial charge in [0.25, 0.3) is 0 Å². The zero-order valence-electron chi connectivity index (χ0n) is 34.0. The van der Waals surface area contributed by atoms with E-state index in [1.807, 2.05) is 72.8 Å². The number of phenols is 2. The van der Waals surface area contributed by atoms with Gasteiger partial charge >= 0.3 is 0 Å². The van der Waals surface area contributed by atoms with Crippen LogP contribution in [-0.4, -0.2) is 15.2 Å². The van der Waals surface area contributed by atoms with Crippen molar-refractivity contribution in [3.63, 3.8) is 0 Å². The molecular weight excluding hydrogens is 774 g/mol. The summed E-state index contributed by atoms with van der Waals surface area (Å²) in [5, 5.41) is 23.9. The standard InChI is InChI=1S/C39H45NO2.2C7H7.Zr/c1-22-6-30(36(41)32(8-22)38-16-24-10-25(17-38)12-26(11-24)18-38)34-4-3-5-35(40-34)31-7-23(2)9-33(37(31)42)39-19-27-13-28(20-39)15-29(14-27)21-39;2*1-7-5-3-2-4-6-7;/h3-9,24-29,41-42H,10-21H2,1-2H3;2*2-6H,1H2;/q;2*-1;. The minimum Gasteiger partial charge on any atom is -0.507 e. The molecule has 8 aliphatic rings. The van der Waals surface area contributed by atoms with E-state index in [0.29, 0.717) is 11.5 Å². The van der Waals surface area contributed by atoms with Crippen LogP contribution < -0.4 is 0 Å². The van der Waals surface area contributed by atoms with E-state index in [9.17, 15) is 10.2 Å². The molecule has 1 heterocycles. The average Bonchev–Trinajstić information content (AvgIpc) is 3.16. The summed E-state index contributed by atoms with van der Waals surface area (Å²) in [6.45, 7) is 11.8. The Morgan fingerprint density at radius 1 is 0.474 bits per heavy atom. The quantitative estimate of drug-likeness (QED) is 0.177. The molecule has 0 saturated heterocycles. The average molecular weight is 833 g/mol. The van der Waals surface area contributed by atoms with Gasteiger partial charge in [-0.1, -0.05) is 30.3 Å². The van der Waals surface area contributed by atoms with Crippen LogP contribution in [-0.2, 0) is 37.0 Å². The molecule has 13 rings (SSSR count). The fourth-order valence-electron chi connectivity index (χ4n) is 13.3. The van der Waals surface area contributed by atoms with Gasteiger partial charge in [-0.15, -0.1) is 24.3 Å². The first-order valence-corrected chi connectivity index (χ1v) is 21.4. The third kappa shape index (κ3) is 8.02. The second kappa shape index (κ2) is 16.1. The van der Waals surface area contributed by atoms with E-state index in [4.69, 9.17) is 4.98 Å². The number of nitrogens with zero attached hydrogens (tertiary/aromatic N) is 1. The first-order valence-electron chi connectivity index (χ1n) is 21.4. The molecule has 3 nitrogen and oxygen atoms in total. The SMILES string of the molecule is Cc1cc(-c2cccc(-c3cc(C)cc(C45CC6CC(CC(C6)C4)C5)c3O)n2)c(O)c(C23CC4CC(CC(C4)C2)C3)c1.[CH2-]c1ccccc1.[CH2-]c1ccccc1.[Zr]. The normalized spacial score (nSPS) is 29.7. The summed E-state index contributed by atoms with van der Waals surface area (Å²) >= 11 is 0. The Labute approximate surface area is 360 Å². The van der Waals surface area contributed by atoms with Crippen molar-refractivity contribution < 1.29 is 36.4 Å². The van der Waals surface area contributed by atoms with Crippen molar-refractivity contribution in [2.24, 2.45) is 35.5 Å². The molecule has 0 radical (unpaired) electrons. The smallest absolute Gasteiger partial charge is 0.128 e. The molecule has 294 valence electrons. The van der Waals surface area contributed by atoms with E-state index >= 15 is 0 Å². The number of phenolic OH excluding ortho intramolecular Hbond substituents is 2. The summed E-state index contributed by atoms with van der Waals surface area (Å²) in [5.41, 5.74) is 10.4. The number of benzene rings is 4. The second-order valence-electron chi connectivity index (χ2n) is 19.2. The zero-order chi connectivity index (χ0) is 38.6. The molecule has 8 fully saturated rings. The Morgan fingerprint density at radius 3 is 1.07 bits per heavy atom. The van der Waals surface area contributed by atoms with E-state index < -0.39 is 0 Å². The fraction of sp³-hybridized carbons (Fsp3) is 0.415. The van der Waals surface area contributed by atoms with Crippen LogP contribution >= 0.6 is 0 Å². The maximum atomic E-state index is 11.9. The molecule has 5 aromatic rings. The first kappa shape index (κ1) is 40.1. The first-order chi connectivity index (χ1) is 27.0. The maximum absolute atomic E-state index is 11.9. The molecule has 4 heteroatoms. The largest absolute Gasteiger partial charge is 0.507 e. The van der Waals surface area contributed by atoms with Gasteiger partial charge in [0, 0.05) is 48.5 Å². The van der Waals surface area contributed by atoms with Gasteiger partial charge in [0.05, 0.1) is 11.4 Å². The van der Waals surface area contributed by atoms with Crippen molar-refractivity contribution in [2.75, 3.05) is 0 Å². The van der Waals surface area contributed by atoms with Crippen LogP contribution in [0.2, 0.25) is 0 Å². The van der Waals surface area contributed by atoms with E-state index in [2.05, 4.69) is 58.0 Å². The van der Waals surface area contributed by atoms with E-state index in [1.165, 1.54) is 99.3 Å². The van der Waals surface area contributed by atoms with E-state index in [0.717, 1.165) is 69.1 Å². The third-order valence-electron chi connectivity index (χ3n) is 14.7. The number of pyridine rings is 1. The molecule has 0 atom stereocenters. The summed E-state index contributed by atoms with van der Waals surface area (Å²) < 4.78 is 0. The van der Waals surface area contributed by atoms with Crippen molar-refractivity contribution in [1.29, 1.82) is 0 Å². The van der Waals surface area contributed by atoms with Crippen LogP contribution in [0.25, 0.3) is 22.5 Å². The van der Waals surface area contributed by atoms with Gasteiger partial charge in [0.1, 0.15) is 11.5 Å². The van der Waals surface area contributed by atoms with Crippen molar-refractivity contribution in [1.82, 2.24) is 4.98 Å². The van der Waals surface area contributed by atoms with Gasteiger partial charge in [-0.2, -0.15) is 49.2 Å². The second-order valence-corrected chi connectivity index (χ2v) is 19.2. The Bertz CT molecular complexity index is 1970. The summed E-state index contributed by atoms with van der Waals surface area (Å²) in [6, 6.07) is 34.7. The molecule has 4 aromatic carbocycles. The van der Waals surface area contributed by atoms with Crippen molar-refractivity contribution in [3.8, 4) is 34.0 Å². The molecule has 8 bridgehead atoms. The fourth-order valence-corrected chi connectivity index (χ4v) is 13.3. The van der Waals surface area contributed by atoms with E-state index in [1.54, 1.807) is 0 Å². The number of aromatic nitrogens is 1. The molecule has 8 aliphatic carbocycles. The van der Waals surface area contributed by atoms with Crippen molar-refractivity contribution >= 4 is 0 Å². The Balaban J connectivity index is 0.000000257. The van der Waals surface area contributed by atoms with Crippen LogP contribution in [0.3, 0.4) is 0 Å². The number of hydrogen-bond donors (Lipinski definition) is 2.